The SMILES string of the molecule is CCCC(C)N(C)S(=O)(=O)c1ccc(OCCCCl)cc1. The average molecular weight is 334 g/mol. The van der Waals surface area contributed by atoms with Gasteiger partial charge in [0.15, 0.2) is 0 Å². The molecule has 1 aromatic carbocycles. The quantitative estimate of drug-likeness (QED) is 0.513. The van der Waals surface area contributed by atoms with Crippen LogP contribution in [0, 0.1) is 0 Å². The summed E-state index contributed by atoms with van der Waals surface area (Å²) in [7, 11) is -1.82. The number of hydrogen-bond donors (Lipinski definition) is 0. The summed E-state index contributed by atoms with van der Waals surface area (Å²) in [5.74, 6) is 1.20. The second kappa shape index (κ2) is 8.61. The van der Waals surface area contributed by atoms with Gasteiger partial charge in [-0.1, -0.05) is 13.3 Å². The summed E-state index contributed by atoms with van der Waals surface area (Å²) in [5.41, 5.74) is 0. The van der Waals surface area contributed by atoms with Crippen LogP contribution in [0.2, 0.25) is 0 Å². The second-order valence-corrected chi connectivity index (χ2v) is 7.40. The fourth-order valence-corrected chi connectivity index (χ4v) is 3.46. The third-order valence-corrected chi connectivity index (χ3v) is 5.63. The monoisotopic (exact) mass is 333 g/mol. The Labute approximate surface area is 133 Å². The fourth-order valence-electron chi connectivity index (χ4n) is 1.96. The van der Waals surface area contributed by atoms with Crippen LogP contribution in [0.4, 0.5) is 0 Å². The minimum absolute atomic E-state index is 0.0142. The third-order valence-electron chi connectivity index (χ3n) is 3.37. The van der Waals surface area contributed by atoms with Gasteiger partial charge in [0.1, 0.15) is 5.75 Å². The zero-order chi connectivity index (χ0) is 15.9. The van der Waals surface area contributed by atoms with Crippen molar-refractivity contribution in [3.8, 4) is 5.75 Å². The number of rotatable bonds is 9. The van der Waals surface area contributed by atoms with E-state index in [9.17, 15) is 8.42 Å². The summed E-state index contributed by atoms with van der Waals surface area (Å²) in [6.07, 6.45) is 2.56. The molecule has 0 saturated heterocycles. The number of benzene rings is 1. The topological polar surface area (TPSA) is 46.6 Å². The van der Waals surface area contributed by atoms with Crippen LogP contribution < -0.4 is 4.74 Å². The van der Waals surface area contributed by atoms with E-state index in [1.54, 1.807) is 31.3 Å². The van der Waals surface area contributed by atoms with Gasteiger partial charge in [0.25, 0.3) is 0 Å². The number of nitrogens with zero attached hydrogens (tertiary/aromatic N) is 1. The Kier molecular flexibility index (Phi) is 7.49. The van der Waals surface area contributed by atoms with E-state index in [0.29, 0.717) is 18.2 Å². The molecular weight excluding hydrogens is 310 g/mol. The van der Waals surface area contributed by atoms with Crippen LogP contribution in [0.3, 0.4) is 0 Å². The molecule has 1 rings (SSSR count). The Bertz CT molecular complexity index is 516. The highest BCUT2D eigenvalue weighted by molar-refractivity contribution is 7.89. The minimum atomic E-state index is -3.45. The first kappa shape index (κ1) is 18.3. The first-order valence-electron chi connectivity index (χ1n) is 7.20. The molecular formula is C15H24ClNO3S. The van der Waals surface area contributed by atoms with Crippen molar-refractivity contribution in [2.45, 2.75) is 44.0 Å². The molecule has 0 heterocycles. The molecule has 0 N–H and O–H groups in total. The molecule has 1 atom stereocenters. The molecule has 120 valence electrons. The molecule has 0 aliphatic heterocycles. The molecule has 1 aromatic rings. The van der Waals surface area contributed by atoms with Crippen molar-refractivity contribution in [1.82, 2.24) is 4.31 Å². The molecule has 4 nitrogen and oxygen atoms in total. The normalized spacial score (nSPS) is 13.4. The van der Waals surface area contributed by atoms with Crippen LogP contribution in [-0.2, 0) is 10.0 Å². The average Bonchev–Trinajstić information content (AvgIpc) is 2.47. The largest absolute Gasteiger partial charge is 0.494 e. The summed E-state index contributed by atoms with van der Waals surface area (Å²) in [5, 5.41) is 0. The summed E-state index contributed by atoms with van der Waals surface area (Å²) < 4.78 is 31.9. The van der Waals surface area contributed by atoms with Gasteiger partial charge in [0.05, 0.1) is 11.5 Å². The van der Waals surface area contributed by atoms with E-state index in [2.05, 4.69) is 0 Å². The zero-order valence-corrected chi connectivity index (χ0v) is 14.5. The Hall–Kier alpha value is -0.780. The van der Waals surface area contributed by atoms with Gasteiger partial charge in [-0.05, 0) is 44.0 Å². The van der Waals surface area contributed by atoms with Crippen LogP contribution in [-0.4, -0.2) is 38.3 Å². The second-order valence-electron chi connectivity index (χ2n) is 5.02. The lowest BCUT2D eigenvalue weighted by atomic mass is 10.2. The van der Waals surface area contributed by atoms with Crippen molar-refractivity contribution < 1.29 is 13.2 Å². The summed E-state index contributed by atoms with van der Waals surface area (Å²) in [6.45, 7) is 4.50. The molecule has 0 aliphatic rings. The maximum absolute atomic E-state index is 12.5. The van der Waals surface area contributed by atoms with E-state index < -0.39 is 10.0 Å². The van der Waals surface area contributed by atoms with Gasteiger partial charge in [-0.15, -0.1) is 11.6 Å². The van der Waals surface area contributed by atoms with Gasteiger partial charge in [0, 0.05) is 19.0 Å². The van der Waals surface area contributed by atoms with E-state index in [1.807, 2.05) is 13.8 Å². The van der Waals surface area contributed by atoms with Crippen LogP contribution in [0.25, 0.3) is 0 Å². The molecule has 0 radical (unpaired) electrons. The van der Waals surface area contributed by atoms with Gasteiger partial charge >= 0.3 is 0 Å². The van der Waals surface area contributed by atoms with Crippen LogP contribution >= 0.6 is 11.6 Å². The predicted octanol–water partition coefficient (Wildman–Crippen LogP) is 3.50. The minimum Gasteiger partial charge on any atom is -0.494 e. The highest BCUT2D eigenvalue weighted by Gasteiger charge is 2.24. The lowest BCUT2D eigenvalue weighted by Gasteiger charge is -2.24. The highest BCUT2D eigenvalue weighted by atomic mass is 35.5. The van der Waals surface area contributed by atoms with Crippen molar-refractivity contribution in [2.24, 2.45) is 0 Å². The maximum atomic E-state index is 12.5. The van der Waals surface area contributed by atoms with Gasteiger partial charge in [-0.3, -0.25) is 0 Å². The molecule has 0 spiro atoms. The molecule has 21 heavy (non-hydrogen) atoms. The van der Waals surface area contributed by atoms with Crippen molar-refractivity contribution in [3.63, 3.8) is 0 Å². The van der Waals surface area contributed by atoms with Gasteiger partial charge < -0.3 is 4.74 Å². The van der Waals surface area contributed by atoms with Crippen molar-refractivity contribution in [1.29, 1.82) is 0 Å². The Morgan fingerprint density at radius 3 is 2.43 bits per heavy atom. The van der Waals surface area contributed by atoms with Crippen LogP contribution in [0.15, 0.2) is 29.2 Å². The number of ether oxygens (including phenoxy) is 1. The van der Waals surface area contributed by atoms with E-state index >= 15 is 0 Å². The lowest BCUT2D eigenvalue weighted by Crippen LogP contribution is -2.34. The first-order chi connectivity index (χ1) is 9.93. The molecule has 6 heteroatoms. The Morgan fingerprint density at radius 1 is 1.29 bits per heavy atom. The standard InChI is InChI=1S/C15H24ClNO3S/c1-4-6-13(2)17(3)21(18,19)15-9-7-14(8-10-15)20-12-5-11-16/h7-10,13H,4-6,11-12H2,1-3H3. The lowest BCUT2D eigenvalue weighted by molar-refractivity contribution is 0.318. The number of hydrogen-bond acceptors (Lipinski definition) is 3. The van der Waals surface area contributed by atoms with E-state index in [-0.39, 0.29) is 10.9 Å². The predicted molar refractivity (Wildman–Crippen MR) is 86.6 cm³/mol. The Balaban J connectivity index is 2.79. The molecule has 0 aliphatic carbocycles. The molecule has 0 saturated carbocycles. The molecule has 1 unspecified atom stereocenters. The van der Waals surface area contributed by atoms with E-state index in [4.69, 9.17) is 16.3 Å². The van der Waals surface area contributed by atoms with Crippen molar-refractivity contribution in [2.75, 3.05) is 19.5 Å². The molecule has 0 aromatic heterocycles. The fraction of sp³-hybridized carbons (Fsp3) is 0.600. The highest BCUT2D eigenvalue weighted by Crippen LogP contribution is 2.21. The van der Waals surface area contributed by atoms with Gasteiger partial charge in [-0.2, -0.15) is 4.31 Å². The third kappa shape index (κ3) is 5.16. The van der Waals surface area contributed by atoms with E-state index in [0.717, 1.165) is 19.3 Å². The van der Waals surface area contributed by atoms with Crippen molar-refractivity contribution in [3.05, 3.63) is 24.3 Å². The Morgan fingerprint density at radius 2 is 1.90 bits per heavy atom. The summed E-state index contributed by atoms with van der Waals surface area (Å²) in [4.78, 5) is 0.289. The van der Waals surface area contributed by atoms with Crippen LogP contribution in [0.1, 0.15) is 33.1 Å². The number of alkyl halides is 1. The maximum Gasteiger partial charge on any atom is 0.243 e. The molecule has 0 fully saturated rings. The zero-order valence-electron chi connectivity index (χ0n) is 12.9. The number of sulfonamides is 1. The molecule has 0 amide bonds. The van der Waals surface area contributed by atoms with Gasteiger partial charge in [0.2, 0.25) is 10.0 Å². The van der Waals surface area contributed by atoms with Crippen molar-refractivity contribution >= 4 is 21.6 Å². The van der Waals surface area contributed by atoms with Gasteiger partial charge in [-0.25, -0.2) is 8.42 Å². The number of halogens is 1. The first-order valence-corrected chi connectivity index (χ1v) is 9.17. The smallest absolute Gasteiger partial charge is 0.243 e. The molecule has 0 bridgehead atoms. The van der Waals surface area contributed by atoms with Crippen LogP contribution in [0.5, 0.6) is 5.75 Å². The van der Waals surface area contributed by atoms with E-state index in [1.165, 1.54) is 4.31 Å². The summed E-state index contributed by atoms with van der Waals surface area (Å²) >= 11 is 5.58. The summed E-state index contributed by atoms with van der Waals surface area (Å²) in [6, 6.07) is 6.51.